The van der Waals surface area contributed by atoms with E-state index in [1.807, 2.05) is 18.2 Å². The highest BCUT2D eigenvalue weighted by atomic mass is 16.2. The third-order valence-corrected chi connectivity index (χ3v) is 6.26. The summed E-state index contributed by atoms with van der Waals surface area (Å²) in [6.07, 6.45) is 9.03. The van der Waals surface area contributed by atoms with Gasteiger partial charge in [-0.15, -0.1) is 0 Å². The molecule has 0 aromatic carbocycles. The summed E-state index contributed by atoms with van der Waals surface area (Å²) in [6.45, 7) is 5.38. The van der Waals surface area contributed by atoms with Crippen LogP contribution in [0.15, 0.2) is 24.4 Å². The number of nitrogens with one attached hydrogen (secondary N) is 1. The topological polar surface area (TPSA) is 42.0 Å². The van der Waals surface area contributed by atoms with Gasteiger partial charge in [0.25, 0.3) is 0 Å². The summed E-state index contributed by atoms with van der Waals surface area (Å²) in [7, 11) is 0. The van der Waals surface area contributed by atoms with Crippen LogP contribution in [0, 0.1) is 22.2 Å². The molecule has 0 saturated heterocycles. The maximum atomic E-state index is 13.0. The van der Waals surface area contributed by atoms with Crippen LogP contribution in [-0.2, 0) is 11.3 Å². The van der Waals surface area contributed by atoms with E-state index in [-0.39, 0.29) is 11.3 Å². The summed E-state index contributed by atoms with van der Waals surface area (Å²) in [5, 5.41) is 3.19. The third kappa shape index (κ3) is 2.26. The van der Waals surface area contributed by atoms with Crippen LogP contribution in [0.2, 0.25) is 0 Å². The number of pyridine rings is 1. The van der Waals surface area contributed by atoms with Crippen molar-refractivity contribution in [1.82, 2.24) is 10.3 Å². The summed E-state index contributed by atoms with van der Waals surface area (Å²) in [5.74, 6) is 1.03. The first-order valence-electron chi connectivity index (χ1n) is 8.59. The molecular formula is C19H26N2O. The van der Waals surface area contributed by atoms with E-state index in [4.69, 9.17) is 0 Å². The van der Waals surface area contributed by atoms with Crippen LogP contribution in [0.25, 0.3) is 0 Å². The lowest BCUT2D eigenvalue weighted by atomic mass is 9.40. The van der Waals surface area contributed by atoms with Crippen LogP contribution in [-0.4, -0.2) is 10.9 Å². The molecule has 4 aliphatic carbocycles. The molecular weight excluding hydrogens is 272 g/mol. The van der Waals surface area contributed by atoms with Gasteiger partial charge in [-0.05, 0) is 67.4 Å². The Morgan fingerprint density at radius 2 is 1.91 bits per heavy atom. The van der Waals surface area contributed by atoms with Crippen LogP contribution in [0.1, 0.15) is 58.1 Å². The van der Waals surface area contributed by atoms with Gasteiger partial charge in [0.05, 0.1) is 17.7 Å². The second-order valence-corrected chi connectivity index (χ2v) is 8.91. The van der Waals surface area contributed by atoms with Gasteiger partial charge in [-0.25, -0.2) is 0 Å². The fourth-order valence-electron chi connectivity index (χ4n) is 6.56. The van der Waals surface area contributed by atoms with E-state index in [2.05, 4.69) is 24.1 Å². The van der Waals surface area contributed by atoms with Crippen LogP contribution < -0.4 is 5.32 Å². The number of hydrogen-bond acceptors (Lipinski definition) is 2. The van der Waals surface area contributed by atoms with Crippen molar-refractivity contribution in [2.75, 3.05) is 0 Å². The predicted octanol–water partition coefficient (Wildman–Crippen LogP) is 3.69. The van der Waals surface area contributed by atoms with Crippen LogP contribution >= 0.6 is 0 Å². The van der Waals surface area contributed by atoms with Gasteiger partial charge >= 0.3 is 0 Å². The first kappa shape index (κ1) is 14.2. The van der Waals surface area contributed by atoms with E-state index < -0.39 is 0 Å². The van der Waals surface area contributed by atoms with E-state index in [9.17, 15) is 4.79 Å². The molecule has 3 nitrogen and oxygen atoms in total. The molecule has 3 heteroatoms. The number of nitrogens with zero attached hydrogens (tertiary/aromatic N) is 1. The molecule has 2 atom stereocenters. The Morgan fingerprint density at radius 1 is 1.18 bits per heavy atom. The second kappa shape index (κ2) is 4.56. The van der Waals surface area contributed by atoms with Gasteiger partial charge in [-0.1, -0.05) is 19.9 Å². The van der Waals surface area contributed by atoms with Gasteiger partial charge in [0.1, 0.15) is 0 Å². The van der Waals surface area contributed by atoms with Crippen molar-refractivity contribution in [2.45, 2.75) is 58.9 Å². The molecule has 5 rings (SSSR count). The number of rotatable bonds is 3. The number of amides is 1. The smallest absolute Gasteiger partial charge is 0.226 e. The van der Waals surface area contributed by atoms with E-state index in [0.717, 1.165) is 30.9 Å². The molecule has 1 amide bonds. The average Bonchev–Trinajstić information content (AvgIpc) is 2.42. The van der Waals surface area contributed by atoms with Crippen molar-refractivity contribution in [3.8, 4) is 0 Å². The molecule has 1 aromatic heterocycles. The molecule has 0 unspecified atom stereocenters. The number of carbonyl (C=O) groups is 1. The van der Waals surface area contributed by atoms with Gasteiger partial charge in [-0.2, -0.15) is 0 Å². The summed E-state index contributed by atoms with van der Waals surface area (Å²) < 4.78 is 0. The second-order valence-electron chi connectivity index (χ2n) is 8.91. The molecule has 0 spiro atoms. The highest BCUT2D eigenvalue weighted by Gasteiger charge is 2.62. The lowest BCUT2D eigenvalue weighted by Gasteiger charge is -2.64. The Morgan fingerprint density at radius 3 is 2.50 bits per heavy atom. The maximum Gasteiger partial charge on any atom is 0.226 e. The molecule has 1 heterocycles. The minimum Gasteiger partial charge on any atom is -0.350 e. The fraction of sp³-hybridized carbons (Fsp3) is 0.684. The molecule has 1 aromatic rings. The molecule has 0 radical (unpaired) electrons. The Balaban J connectivity index is 1.53. The Kier molecular flexibility index (Phi) is 2.95. The largest absolute Gasteiger partial charge is 0.350 e. The van der Waals surface area contributed by atoms with E-state index in [1.54, 1.807) is 6.20 Å². The van der Waals surface area contributed by atoms with E-state index in [1.165, 1.54) is 19.3 Å². The zero-order valence-electron chi connectivity index (χ0n) is 13.7. The maximum absolute atomic E-state index is 13.0. The highest BCUT2D eigenvalue weighted by Crippen LogP contribution is 2.69. The highest BCUT2D eigenvalue weighted by molar-refractivity contribution is 5.83. The number of hydrogen-bond donors (Lipinski definition) is 1. The first-order chi connectivity index (χ1) is 10.4. The first-order valence-corrected chi connectivity index (χ1v) is 8.59. The van der Waals surface area contributed by atoms with Gasteiger partial charge in [-0.3, -0.25) is 9.78 Å². The average molecular weight is 298 g/mol. The van der Waals surface area contributed by atoms with Gasteiger partial charge < -0.3 is 5.32 Å². The van der Waals surface area contributed by atoms with Crippen molar-refractivity contribution < 1.29 is 4.79 Å². The summed E-state index contributed by atoms with van der Waals surface area (Å²) in [6, 6.07) is 5.86. The van der Waals surface area contributed by atoms with Crippen molar-refractivity contribution in [3.63, 3.8) is 0 Å². The van der Waals surface area contributed by atoms with E-state index in [0.29, 0.717) is 17.4 Å². The summed E-state index contributed by atoms with van der Waals surface area (Å²) >= 11 is 0. The zero-order valence-corrected chi connectivity index (χ0v) is 13.7. The summed E-state index contributed by atoms with van der Waals surface area (Å²) in [5.41, 5.74) is 1.60. The van der Waals surface area contributed by atoms with Crippen LogP contribution in [0.5, 0.6) is 0 Å². The van der Waals surface area contributed by atoms with Crippen molar-refractivity contribution in [2.24, 2.45) is 22.2 Å². The summed E-state index contributed by atoms with van der Waals surface area (Å²) in [4.78, 5) is 17.3. The van der Waals surface area contributed by atoms with E-state index >= 15 is 0 Å². The van der Waals surface area contributed by atoms with Gasteiger partial charge in [0.15, 0.2) is 0 Å². The van der Waals surface area contributed by atoms with Crippen molar-refractivity contribution >= 4 is 5.91 Å². The minimum absolute atomic E-state index is 0.113. The van der Waals surface area contributed by atoms with Gasteiger partial charge in [0, 0.05) is 6.20 Å². The molecule has 4 fully saturated rings. The van der Waals surface area contributed by atoms with Gasteiger partial charge in [0.2, 0.25) is 5.91 Å². The number of carbonyl (C=O) groups excluding carboxylic acids is 1. The molecule has 0 aliphatic heterocycles. The minimum atomic E-state index is -0.113. The standard InChI is InChI=1S/C19H26N2O/c1-17-7-14-8-18(2,11-17)13-19(9-14,12-17)16(22)21-10-15-5-3-4-6-20-15/h3-6,14H,7-13H2,1-2H3,(H,21,22)/t14?,17-,18-,19?/m1/s1. The molecule has 22 heavy (non-hydrogen) atoms. The fourth-order valence-corrected chi connectivity index (χ4v) is 6.56. The van der Waals surface area contributed by atoms with Crippen LogP contribution in [0.4, 0.5) is 0 Å². The van der Waals surface area contributed by atoms with Crippen LogP contribution in [0.3, 0.4) is 0 Å². The normalized spacial score (nSPS) is 42.4. The Labute approximate surface area is 132 Å². The molecule has 1 N–H and O–H groups in total. The molecule has 4 aliphatic rings. The quantitative estimate of drug-likeness (QED) is 0.924. The monoisotopic (exact) mass is 298 g/mol. The third-order valence-electron chi connectivity index (χ3n) is 6.26. The lowest BCUT2D eigenvalue weighted by Crippen LogP contribution is -2.59. The predicted molar refractivity (Wildman–Crippen MR) is 85.9 cm³/mol. The van der Waals surface area contributed by atoms with Crippen molar-refractivity contribution in [1.29, 1.82) is 0 Å². The molecule has 118 valence electrons. The lowest BCUT2D eigenvalue weighted by molar-refractivity contribution is -0.170. The Hall–Kier alpha value is -1.38. The molecule has 4 saturated carbocycles. The SMILES string of the molecule is C[C@]12CC3CC(C(=O)NCc4ccccn4)(C1)C[C@](C)(C3)C2. The zero-order chi connectivity index (χ0) is 15.4. The number of aromatic nitrogens is 1. The Bertz CT molecular complexity index is 579. The molecule has 4 bridgehead atoms. The van der Waals surface area contributed by atoms with Crippen molar-refractivity contribution in [3.05, 3.63) is 30.1 Å².